The Morgan fingerprint density at radius 3 is 2.48 bits per heavy atom. The highest BCUT2D eigenvalue weighted by Crippen LogP contribution is 2.32. The molecule has 0 atom stereocenters. The maximum absolute atomic E-state index is 12.5. The number of carbonyl (C=O) groups excluding carboxylic acids is 1. The number of hydrogen-bond acceptors (Lipinski definition) is 4. The average Bonchev–Trinajstić information content (AvgIpc) is 2.71. The highest BCUT2D eigenvalue weighted by Gasteiger charge is 2.27. The summed E-state index contributed by atoms with van der Waals surface area (Å²) in [6.45, 7) is 8.71. The third-order valence-corrected chi connectivity index (χ3v) is 7.30. The number of carbonyl (C=O) groups is 1. The van der Waals surface area contributed by atoms with E-state index in [-0.39, 0.29) is 23.7 Å². The number of benzene rings is 2. The van der Waals surface area contributed by atoms with E-state index < -0.39 is 10.0 Å². The smallest absolute Gasteiger partial charge is 0.262 e. The van der Waals surface area contributed by atoms with Crippen LogP contribution in [0.1, 0.15) is 51.7 Å². The Morgan fingerprint density at radius 2 is 1.84 bits per heavy atom. The summed E-state index contributed by atoms with van der Waals surface area (Å²) < 4.78 is 32.2. The fourth-order valence-corrected chi connectivity index (χ4v) is 5.32. The molecule has 0 bridgehead atoms. The van der Waals surface area contributed by atoms with Gasteiger partial charge < -0.3 is 10.1 Å². The number of hydrogen-bond donors (Lipinski definition) is 1. The Bertz CT molecular complexity index is 1020. The van der Waals surface area contributed by atoms with Crippen molar-refractivity contribution in [2.45, 2.75) is 52.4 Å². The van der Waals surface area contributed by atoms with Gasteiger partial charge in [0.15, 0.2) is 6.61 Å². The standard InChI is InChI=1S/C24H32N2O4S/c1-5-15-31(28,29)26-14-6-7-18-16-20(10-13-22(18)26)25-23(27)17-30-21-11-8-19(9-12-21)24(2,3)4/h8-13,16H,5-7,14-15,17H2,1-4H3,(H,25,27). The van der Waals surface area contributed by atoms with Crippen LogP contribution in [0, 0.1) is 0 Å². The molecule has 2 aromatic rings. The van der Waals surface area contributed by atoms with Gasteiger partial charge in [-0.05, 0) is 66.1 Å². The van der Waals surface area contributed by atoms with E-state index in [1.54, 1.807) is 12.1 Å². The minimum absolute atomic E-state index is 0.0633. The Labute approximate surface area is 185 Å². The van der Waals surface area contributed by atoms with E-state index in [0.717, 1.165) is 18.4 Å². The minimum Gasteiger partial charge on any atom is -0.484 e. The van der Waals surface area contributed by atoms with Gasteiger partial charge in [0, 0.05) is 12.2 Å². The lowest BCUT2D eigenvalue weighted by atomic mass is 9.87. The third kappa shape index (κ3) is 5.79. The van der Waals surface area contributed by atoms with Crippen LogP contribution in [0.5, 0.6) is 5.75 Å². The molecule has 1 heterocycles. The molecule has 0 spiro atoms. The van der Waals surface area contributed by atoms with Crippen LogP contribution < -0.4 is 14.4 Å². The van der Waals surface area contributed by atoms with E-state index in [4.69, 9.17) is 4.74 Å². The molecule has 1 aliphatic heterocycles. The number of nitrogens with zero attached hydrogens (tertiary/aromatic N) is 1. The molecule has 168 valence electrons. The van der Waals surface area contributed by atoms with Crippen molar-refractivity contribution in [2.75, 3.05) is 28.5 Å². The number of ether oxygens (including phenoxy) is 1. The SMILES string of the molecule is CCCS(=O)(=O)N1CCCc2cc(NC(=O)COc3ccc(C(C)(C)C)cc3)ccc21. The van der Waals surface area contributed by atoms with Crippen LogP contribution in [0.2, 0.25) is 0 Å². The van der Waals surface area contributed by atoms with Gasteiger partial charge in [0.25, 0.3) is 5.91 Å². The van der Waals surface area contributed by atoms with Crippen LogP contribution in [0.15, 0.2) is 42.5 Å². The molecule has 0 saturated carbocycles. The second kappa shape index (κ2) is 9.30. The van der Waals surface area contributed by atoms with E-state index in [1.165, 1.54) is 9.87 Å². The maximum atomic E-state index is 12.5. The van der Waals surface area contributed by atoms with Gasteiger partial charge >= 0.3 is 0 Å². The first-order valence-corrected chi connectivity index (χ1v) is 12.4. The second-order valence-electron chi connectivity index (χ2n) is 8.95. The molecule has 0 radical (unpaired) electrons. The topological polar surface area (TPSA) is 75.7 Å². The summed E-state index contributed by atoms with van der Waals surface area (Å²) >= 11 is 0. The van der Waals surface area contributed by atoms with Crippen molar-refractivity contribution in [3.8, 4) is 5.75 Å². The van der Waals surface area contributed by atoms with Crippen molar-refractivity contribution < 1.29 is 17.9 Å². The normalized spacial score (nSPS) is 14.1. The highest BCUT2D eigenvalue weighted by atomic mass is 32.2. The molecular formula is C24H32N2O4S. The molecule has 2 aromatic carbocycles. The molecule has 0 fully saturated rings. The summed E-state index contributed by atoms with van der Waals surface area (Å²) in [5.74, 6) is 0.524. The Kier molecular flexibility index (Phi) is 6.94. The number of fused-ring (bicyclic) bond motifs is 1. The Hall–Kier alpha value is -2.54. The van der Waals surface area contributed by atoms with Crippen LogP contribution in [0.4, 0.5) is 11.4 Å². The van der Waals surface area contributed by atoms with Crippen LogP contribution >= 0.6 is 0 Å². The lowest BCUT2D eigenvalue weighted by Gasteiger charge is -2.30. The molecule has 31 heavy (non-hydrogen) atoms. The zero-order chi connectivity index (χ0) is 22.6. The molecule has 0 saturated heterocycles. The average molecular weight is 445 g/mol. The van der Waals surface area contributed by atoms with Crippen molar-refractivity contribution in [2.24, 2.45) is 0 Å². The van der Waals surface area contributed by atoms with Gasteiger partial charge in [-0.3, -0.25) is 9.10 Å². The number of nitrogens with one attached hydrogen (secondary N) is 1. The van der Waals surface area contributed by atoms with Crippen LogP contribution in [0.25, 0.3) is 0 Å². The van der Waals surface area contributed by atoms with Gasteiger partial charge in [-0.15, -0.1) is 0 Å². The number of amides is 1. The summed E-state index contributed by atoms with van der Waals surface area (Å²) in [5, 5.41) is 2.84. The zero-order valence-electron chi connectivity index (χ0n) is 18.8. The number of anilines is 2. The molecule has 0 unspecified atom stereocenters. The van der Waals surface area contributed by atoms with Crippen molar-refractivity contribution in [1.29, 1.82) is 0 Å². The van der Waals surface area contributed by atoms with Gasteiger partial charge in [0.1, 0.15) is 5.75 Å². The van der Waals surface area contributed by atoms with Crippen molar-refractivity contribution >= 4 is 27.3 Å². The molecule has 3 rings (SSSR count). The minimum atomic E-state index is -3.31. The molecule has 1 amide bonds. The monoisotopic (exact) mass is 444 g/mol. The first-order chi connectivity index (χ1) is 14.6. The first kappa shape index (κ1) is 23.1. The predicted molar refractivity (Wildman–Crippen MR) is 125 cm³/mol. The third-order valence-electron chi connectivity index (χ3n) is 5.33. The molecular weight excluding hydrogens is 412 g/mol. The molecule has 1 aliphatic rings. The van der Waals surface area contributed by atoms with Crippen molar-refractivity contribution in [3.05, 3.63) is 53.6 Å². The van der Waals surface area contributed by atoms with E-state index in [2.05, 4.69) is 26.1 Å². The van der Waals surface area contributed by atoms with Gasteiger partial charge in [0.05, 0.1) is 11.4 Å². The quantitative estimate of drug-likeness (QED) is 0.683. The van der Waals surface area contributed by atoms with Crippen LogP contribution in [0.3, 0.4) is 0 Å². The fraction of sp³-hybridized carbons (Fsp3) is 0.458. The summed E-state index contributed by atoms with van der Waals surface area (Å²) in [6, 6.07) is 13.2. The van der Waals surface area contributed by atoms with E-state index in [0.29, 0.717) is 30.1 Å². The zero-order valence-corrected chi connectivity index (χ0v) is 19.6. The number of rotatable bonds is 7. The van der Waals surface area contributed by atoms with Crippen molar-refractivity contribution in [3.63, 3.8) is 0 Å². The van der Waals surface area contributed by atoms with Crippen LogP contribution in [-0.2, 0) is 26.7 Å². The summed E-state index contributed by atoms with van der Waals surface area (Å²) in [5.41, 5.74) is 3.56. The summed E-state index contributed by atoms with van der Waals surface area (Å²) in [7, 11) is -3.31. The van der Waals surface area contributed by atoms with E-state index >= 15 is 0 Å². The van der Waals surface area contributed by atoms with Crippen molar-refractivity contribution in [1.82, 2.24) is 0 Å². The number of sulfonamides is 1. The Morgan fingerprint density at radius 1 is 1.13 bits per heavy atom. The molecule has 1 N–H and O–H groups in total. The highest BCUT2D eigenvalue weighted by molar-refractivity contribution is 7.92. The van der Waals surface area contributed by atoms with E-state index in [1.807, 2.05) is 37.3 Å². The largest absolute Gasteiger partial charge is 0.484 e. The Balaban J connectivity index is 1.62. The molecule has 0 aliphatic carbocycles. The van der Waals surface area contributed by atoms with Gasteiger partial charge in [0.2, 0.25) is 10.0 Å². The lowest BCUT2D eigenvalue weighted by Crippen LogP contribution is -2.37. The second-order valence-corrected chi connectivity index (χ2v) is 11.0. The molecule has 6 nitrogen and oxygen atoms in total. The molecule has 0 aromatic heterocycles. The lowest BCUT2D eigenvalue weighted by molar-refractivity contribution is -0.118. The number of aryl methyl sites for hydroxylation is 1. The van der Waals surface area contributed by atoms with Crippen LogP contribution in [-0.4, -0.2) is 33.2 Å². The predicted octanol–water partition coefficient (Wildman–Crippen LogP) is 4.49. The molecule has 7 heteroatoms. The van der Waals surface area contributed by atoms with Gasteiger partial charge in [-0.2, -0.15) is 0 Å². The van der Waals surface area contributed by atoms with Gasteiger partial charge in [-0.25, -0.2) is 8.42 Å². The summed E-state index contributed by atoms with van der Waals surface area (Å²) in [4.78, 5) is 12.3. The van der Waals surface area contributed by atoms with E-state index in [9.17, 15) is 13.2 Å². The summed E-state index contributed by atoms with van der Waals surface area (Å²) in [6.07, 6.45) is 2.13. The fourth-order valence-electron chi connectivity index (χ4n) is 3.69. The first-order valence-electron chi connectivity index (χ1n) is 10.8. The van der Waals surface area contributed by atoms with Gasteiger partial charge in [-0.1, -0.05) is 39.8 Å². The maximum Gasteiger partial charge on any atom is 0.262 e.